The van der Waals surface area contributed by atoms with E-state index in [1.54, 1.807) is 11.1 Å². The molecule has 0 saturated carbocycles. The number of rotatable bonds is 4. The molecule has 0 saturated heterocycles. The van der Waals surface area contributed by atoms with E-state index in [4.69, 9.17) is 0 Å². The van der Waals surface area contributed by atoms with Crippen LogP contribution in [0.2, 0.25) is 0 Å². The average Bonchev–Trinajstić information content (AvgIpc) is 2.99. The Kier molecular flexibility index (Phi) is 4.71. The minimum Gasteiger partial charge on any atom is -0.337 e. The van der Waals surface area contributed by atoms with Crippen LogP contribution in [-0.4, -0.2) is 27.8 Å². The third-order valence-electron chi connectivity index (χ3n) is 3.89. The van der Waals surface area contributed by atoms with E-state index >= 15 is 0 Å². The van der Waals surface area contributed by atoms with E-state index in [1.165, 1.54) is 16.9 Å². The van der Waals surface area contributed by atoms with Gasteiger partial charge in [0.1, 0.15) is 9.88 Å². The first-order valence-electron chi connectivity index (χ1n) is 7.75. The second-order valence-electron chi connectivity index (χ2n) is 5.74. The Labute approximate surface area is 145 Å². The standard InChI is InChI=1S/C19H19N3OS/c1-13-8-4-5-9-15(13)12-22(3)19(23)17-14(2)21-18(24-17)16-10-6-7-11-20-16/h4-11H,12H2,1-3H3. The highest BCUT2D eigenvalue weighted by molar-refractivity contribution is 7.17. The lowest BCUT2D eigenvalue weighted by Crippen LogP contribution is -2.26. The molecule has 5 heteroatoms. The van der Waals surface area contributed by atoms with Gasteiger partial charge in [0.05, 0.1) is 11.4 Å². The Morgan fingerprint density at radius 3 is 2.58 bits per heavy atom. The van der Waals surface area contributed by atoms with Crippen LogP contribution < -0.4 is 0 Å². The lowest BCUT2D eigenvalue weighted by Gasteiger charge is -2.18. The van der Waals surface area contributed by atoms with Gasteiger partial charge in [-0.05, 0) is 37.1 Å². The van der Waals surface area contributed by atoms with Gasteiger partial charge >= 0.3 is 0 Å². The van der Waals surface area contributed by atoms with Crippen LogP contribution in [0.3, 0.4) is 0 Å². The molecule has 0 aliphatic carbocycles. The van der Waals surface area contributed by atoms with Crippen molar-refractivity contribution in [3.05, 3.63) is 70.4 Å². The predicted octanol–water partition coefficient (Wildman–Crippen LogP) is 4.09. The Hall–Kier alpha value is -2.53. The molecule has 24 heavy (non-hydrogen) atoms. The van der Waals surface area contributed by atoms with E-state index in [1.807, 2.05) is 44.3 Å². The first-order chi connectivity index (χ1) is 11.6. The van der Waals surface area contributed by atoms with Crippen molar-refractivity contribution < 1.29 is 4.79 Å². The topological polar surface area (TPSA) is 46.1 Å². The van der Waals surface area contributed by atoms with Gasteiger partial charge in [-0.1, -0.05) is 30.3 Å². The molecule has 0 unspecified atom stereocenters. The van der Waals surface area contributed by atoms with Gasteiger partial charge in [0.15, 0.2) is 0 Å². The molecule has 0 bridgehead atoms. The van der Waals surface area contributed by atoms with E-state index in [0.717, 1.165) is 22.0 Å². The summed E-state index contributed by atoms with van der Waals surface area (Å²) in [6.45, 7) is 4.52. The highest BCUT2D eigenvalue weighted by atomic mass is 32.1. The maximum Gasteiger partial charge on any atom is 0.265 e. The number of pyridine rings is 1. The summed E-state index contributed by atoms with van der Waals surface area (Å²) >= 11 is 1.40. The number of nitrogens with zero attached hydrogens (tertiary/aromatic N) is 3. The number of hydrogen-bond acceptors (Lipinski definition) is 4. The van der Waals surface area contributed by atoms with E-state index in [9.17, 15) is 4.79 Å². The second-order valence-corrected chi connectivity index (χ2v) is 6.74. The molecule has 1 amide bonds. The number of amides is 1. The number of aryl methyl sites for hydroxylation is 2. The third kappa shape index (κ3) is 3.36. The smallest absolute Gasteiger partial charge is 0.265 e. The molecular weight excluding hydrogens is 318 g/mol. The molecule has 0 aliphatic heterocycles. The molecule has 4 nitrogen and oxygen atoms in total. The molecular formula is C19H19N3OS. The van der Waals surface area contributed by atoms with E-state index < -0.39 is 0 Å². The highest BCUT2D eigenvalue weighted by Gasteiger charge is 2.20. The van der Waals surface area contributed by atoms with Crippen LogP contribution in [0.25, 0.3) is 10.7 Å². The summed E-state index contributed by atoms with van der Waals surface area (Å²) in [7, 11) is 1.83. The van der Waals surface area contributed by atoms with Gasteiger partial charge in [0.2, 0.25) is 0 Å². The minimum atomic E-state index is -0.00423. The largest absolute Gasteiger partial charge is 0.337 e. The average molecular weight is 337 g/mol. The van der Waals surface area contributed by atoms with Crippen molar-refractivity contribution in [2.75, 3.05) is 7.05 Å². The first-order valence-corrected chi connectivity index (χ1v) is 8.56. The van der Waals surface area contributed by atoms with Gasteiger partial charge in [-0.15, -0.1) is 11.3 Å². The van der Waals surface area contributed by atoms with Crippen LogP contribution in [0.15, 0.2) is 48.7 Å². The number of benzene rings is 1. The number of carbonyl (C=O) groups excluding carboxylic acids is 1. The number of aromatic nitrogens is 2. The monoisotopic (exact) mass is 337 g/mol. The molecule has 2 heterocycles. The fourth-order valence-electron chi connectivity index (χ4n) is 2.48. The van der Waals surface area contributed by atoms with Crippen LogP contribution >= 0.6 is 11.3 Å². The zero-order valence-corrected chi connectivity index (χ0v) is 14.8. The maximum absolute atomic E-state index is 12.8. The highest BCUT2D eigenvalue weighted by Crippen LogP contribution is 2.27. The third-order valence-corrected chi connectivity index (χ3v) is 5.06. The quantitative estimate of drug-likeness (QED) is 0.720. The molecule has 0 spiro atoms. The van der Waals surface area contributed by atoms with Crippen molar-refractivity contribution >= 4 is 17.2 Å². The molecule has 0 fully saturated rings. The number of hydrogen-bond donors (Lipinski definition) is 0. The molecule has 0 N–H and O–H groups in total. The van der Waals surface area contributed by atoms with Gasteiger partial charge in [-0.3, -0.25) is 9.78 Å². The molecule has 3 aromatic rings. The Bertz CT molecular complexity index is 858. The molecule has 0 aliphatic rings. The fourth-order valence-corrected chi connectivity index (χ4v) is 3.52. The predicted molar refractivity (Wildman–Crippen MR) is 97.1 cm³/mol. The van der Waals surface area contributed by atoms with Crippen LogP contribution in [0, 0.1) is 13.8 Å². The zero-order chi connectivity index (χ0) is 17.1. The van der Waals surface area contributed by atoms with Crippen LogP contribution in [0.5, 0.6) is 0 Å². The summed E-state index contributed by atoms with van der Waals surface area (Å²) in [5.74, 6) is -0.00423. The van der Waals surface area contributed by atoms with Crippen LogP contribution in [0.4, 0.5) is 0 Å². The fraction of sp³-hybridized carbons (Fsp3) is 0.211. The Morgan fingerprint density at radius 1 is 1.12 bits per heavy atom. The van der Waals surface area contributed by atoms with Crippen LogP contribution in [-0.2, 0) is 6.54 Å². The van der Waals surface area contributed by atoms with Crippen molar-refractivity contribution in [1.29, 1.82) is 0 Å². The van der Waals surface area contributed by atoms with Gasteiger partial charge in [-0.2, -0.15) is 0 Å². The maximum atomic E-state index is 12.8. The zero-order valence-electron chi connectivity index (χ0n) is 14.0. The second kappa shape index (κ2) is 6.93. The van der Waals surface area contributed by atoms with E-state index in [2.05, 4.69) is 29.0 Å². The summed E-state index contributed by atoms with van der Waals surface area (Å²) < 4.78 is 0. The molecule has 1 aromatic carbocycles. The van der Waals surface area contributed by atoms with Crippen molar-refractivity contribution in [2.45, 2.75) is 20.4 Å². The van der Waals surface area contributed by atoms with Gasteiger partial charge in [0, 0.05) is 19.8 Å². The molecule has 122 valence electrons. The number of carbonyl (C=O) groups is 1. The number of thiazole rings is 1. The molecule has 2 aromatic heterocycles. The van der Waals surface area contributed by atoms with Crippen molar-refractivity contribution in [3.8, 4) is 10.7 Å². The van der Waals surface area contributed by atoms with Gasteiger partial charge < -0.3 is 4.90 Å². The normalized spacial score (nSPS) is 10.6. The minimum absolute atomic E-state index is 0.00423. The molecule has 3 rings (SSSR count). The Morgan fingerprint density at radius 2 is 1.88 bits per heavy atom. The van der Waals surface area contributed by atoms with Crippen molar-refractivity contribution in [3.63, 3.8) is 0 Å². The summed E-state index contributed by atoms with van der Waals surface area (Å²) in [5.41, 5.74) is 3.89. The summed E-state index contributed by atoms with van der Waals surface area (Å²) in [6, 6.07) is 13.8. The van der Waals surface area contributed by atoms with Gasteiger partial charge in [0.25, 0.3) is 5.91 Å². The summed E-state index contributed by atoms with van der Waals surface area (Å²) in [4.78, 5) is 24.0. The lowest BCUT2D eigenvalue weighted by atomic mass is 10.1. The lowest BCUT2D eigenvalue weighted by molar-refractivity contribution is 0.0789. The molecule has 0 radical (unpaired) electrons. The Balaban J connectivity index is 1.82. The van der Waals surface area contributed by atoms with Crippen molar-refractivity contribution in [2.24, 2.45) is 0 Å². The van der Waals surface area contributed by atoms with E-state index in [0.29, 0.717) is 11.4 Å². The van der Waals surface area contributed by atoms with Crippen LogP contribution in [0.1, 0.15) is 26.5 Å². The SMILES string of the molecule is Cc1ccccc1CN(C)C(=O)c1sc(-c2ccccn2)nc1C. The molecule has 0 atom stereocenters. The van der Waals surface area contributed by atoms with E-state index in [-0.39, 0.29) is 5.91 Å². The summed E-state index contributed by atoms with van der Waals surface area (Å²) in [6.07, 6.45) is 1.73. The summed E-state index contributed by atoms with van der Waals surface area (Å²) in [5, 5.41) is 0.778. The van der Waals surface area contributed by atoms with Gasteiger partial charge in [-0.25, -0.2) is 4.98 Å². The van der Waals surface area contributed by atoms with Crippen molar-refractivity contribution in [1.82, 2.24) is 14.9 Å². The first kappa shape index (κ1) is 16.3.